The van der Waals surface area contributed by atoms with Crippen LogP contribution >= 0.6 is 0 Å². The number of imidazole rings is 1. The molecule has 0 radical (unpaired) electrons. The summed E-state index contributed by atoms with van der Waals surface area (Å²) in [7, 11) is 0. The molecule has 2 aromatic heterocycles. The van der Waals surface area contributed by atoms with Crippen molar-refractivity contribution in [1.29, 1.82) is 0 Å². The van der Waals surface area contributed by atoms with Crippen LogP contribution in [0.4, 0.5) is 0 Å². The average molecular weight is 296 g/mol. The van der Waals surface area contributed by atoms with Gasteiger partial charge in [-0.3, -0.25) is 9.78 Å². The summed E-state index contributed by atoms with van der Waals surface area (Å²) in [5.41, 5.74) is 3.32. The number of fused-ring (bicyclic) bond motifs is 1. The number of hydrogen-bond acceptors (Lipinski definition) is 3. The van der Waals surface area contributed by atoms with Crippen molar-refractivity contribution in [3.8, 4) is 0 Å². The molecule has 3 rings (SSSR count). The molecule has 1 aromatic carbocycles. The Kier molecular flexibility index (Phi) is 4.00. The molecule has 112 valence electrons. The third-order valence-corrected chi connectivity index (χ3v) is 3.46. The van der Waals surface area contributed by atoms with E-state index in [9.17, 15) is 9.59 Å². The Hall–Kier alpha value is -2.89. The molecular formula is C16H16N4O2. The molecule has 3 aromatic rings. The van der Waals surface area contributed by atoms with Crippen LogP contribution in [0.2, 0.25) is 0 Å². The maximum absolute atomic E-state index is 11.9. The number of hydrogen-bond donors (Lipinski definition) is 3. The van der Waals surface area contributed by atoms with Crippen LogP contribution in [0.1, 0.15) is 17.5 Å². The second kappa shape index (κ2) is 6.26. The summed E-state index contributed by atoms with van der Waals surface area (Å²) in [5, 5.41) is 2.88. The number of benzene rings is 1. The van der Waals surface area contributed by atoms with Gasteiger partial charge in [-0.2, -0.15) is 0 Å². The first kappa shape index (κ1) is 14.1. The molecule has 0 saturated heterocycles. The summed E-state index contributed by atoms with van der Waals surface area (Å²) in [6, 6.07) is 9.38. The highest BCUT2D eigenvalue weighted by Gasteiger charge is 2.04. The second-order valence-electron chi connectivity index (χ2n) is 5.09. The number of H-pyrrole nitrogens is 2. The number of aryl methyl sites for hydroxylation is 1. The van der Waals surface area contributed by atoms with Gasteiger partial charge in [0.15, 0.2) is 0 Å². The minimum absolute atomic E-state index is 0.000490. The van der Waals surface area contributed by atoms with Gasteiger partial charge in [-0.15, -0.1) is 0 Å². The van der Waals surface area contributed by atoms with Gasteiger partial charge >= 0.3 is 5.69 Å². The number of nitrogens with zero attached hydrogens (tertiary/aromatic N) is 1. The Bertz CT molecular complexity index is 836. The smallest absolute Gasteiger partial charge is 0.323 e. The van der Waals surface area contributed by atoms with Crippen molar-refractivity contribution in [3.63, 3.8) is 0 Å². The van der Waals surface area contributed by atoms with Crippen LogP contribution in [0, 0.1) is 0 Å². The van der Waals surface area contributed by atoms with Crippen LogP contribution in [0.5, 0.6) is 0 Å². The highest BCUT2D eigenvalue weighted by Crippen LogP contribution is 2.10. The molecule has 22 heavy (non-hydrogen) atoms. The van der Waals surface area contributed by atoms with Crippen molar-refractivity contribution in [1.82, 2.24) is 20.3 Å². The molecule has 0 saturated carbocycles. The van der Waals surface area contributed by atoms with Gasteiger partial charge < -0.3 is 15.3 Å². The number of carbonyl (C=O) groups is 1. The average Bonchev–Trinajstić information content (AvgIpc) is 2.91. The zero-order valence-corrected chi connectivity index (χ0v) is 11.9. The van der Waals surface area contributed by atoms with Gasteiger partial charge in [0.2, 0.25) is 5.91 Å². The molecular weight excluding hydrogens is 280 g/mol. The predicted octanol–water partition coefficient (Wildman–Crippen LogP) is 1.50. The molecule has 0 fully saturated rings. The van der Waals surface area contributed by atoms with Gasteiger partial charge in [-0.05, 0) is 41.8 Å². The fourth-order valence-electron chi connectivity index (χ4n) is 2.29. The van der Waals surface area contributed by atoms with Crippen LogP contribution in [-0.4, -0.2) is 20.9 Å². The van der Waals surface area contributed by atoms with E-state index in [0.717, 1.165) is 22.2 Å². The van der Waals surface area contributed by atoms with Gasteiger partial charge in [0, 0.05) is 25.4 Å². The molecule has 0 spiro atoms. The highest BCUT2D eigenvalue weighted by molar-refractivity contribution is 5.77. The number of aromatic nitrogens is 3. The number of rotatable bonds is 5. The van der Waals surface area contributed by atoms with Crippen LogP contribution in [0.3, 0.4) is 0 Å². The second-order valence-corrected chi connectivity index (χ2v) is 5.09. The molecule has 1 amide bonds. The lowest BCUT2D eigenvalue weighted by Crippen LogP contribution is -2.22. The fourth-order valence-corrected chi connectivity index (χ4v) is 2.29. The standard InChI is InChI=1S/C16H16N4O2/c21-15(4-2-11-5-7-17-8-6-11)18-10-12-1-3-13-14(9-12)20-16(22)19-13/h1,3,5-9H,2,4,10H2,(H,18,21)(H2,19,20,22). The summed E-state index contributed by atoms with van der Waals surface area (Å²) in [6.45, 7) is 0.443. The topological polar surface area (TPSA) is 90.6 Å². The van der Waals surface area contributed by atoms with E-state index in [2.05, 4.69) is 20.3 Å². The van der Waals surface area contributed by atoms with Crippen molar-refractivity contribution in [2.75, 3.05) is 0 Å². The molecule has 6 heteroatoms. The first-order chi connectivity index (χ1) is 10.7. The Morgan fingerprint density at radius 2 is 1.82 bits per heavy atom. The summed E-state index contributed by atoms with van der Waals surface area (Å²) in [4.78, 5) is 32.4. The van der Waals surface area contributed by atoms with Gasteiger partial charge in [-0.25, -0.2) is 4.79 Å². The molecule has 3 N–H and O–H groups in total. The first-order valence-corrected chi connectivity index (χ1v) is 7.07. The maximum atomic E-state index is 11.9. The number of nitrogens with one attached hydrogen (secondary N) is 3. The minimum Gasteiger partial charge on any atom is -0.352 e. The normalized spacial score (nSPS) is 10.7. The van der Waals surface area contributed by atoms with E-state index in [-0.39, 0.29) is 11.6 Å². The van der Waals surface area contributed by atoms with Gasteiger partial charge in [0.1, 0.15) is 0 Å². The Balaban J connectivity index is 1.54. The molecule has 6 nitrogen and oxygen atoms in total. The van der Waals surface area contributed by atoms with Crippen molar-refractivity contribution >= 4 is 16.9 Å². The lowest BCUT2D eigenvalue weighted by molar-refractivity contribution is -0.121. The van der Waals surface area contributed by atoms with Gasteiger partial charge in [0.25, 0.3) is 0 Å². The maximum Gasteiger partial charge on any atom is 0.323 e. The van der Waals surface area contributed by atoms with Crippen LogP contribution in [0.15, 0.2) is 47.5 Å². The zero-order valence-electron chi connectivity index (χ0n) is 11.9. The lowest BCUT2D eigenvalue weighted by Gasteiger charge is -2.05. The van der Waals surface area contributed by atoms with E-state index < -0.39 is 0 Å². The van der Waals surface area contributed by atoms with E-state index in [1.54, 1.807) is 12.4 Å². The van der Waals surface area contributed by atoms with Crippen LogP contribution in [-0.2, 0) is 17.8 Å². The molecule has 0 bridgehead atoms. The molecule has 0 aliphatic carbocycles. The SMILES string of the molecule is O=C(CCc1ccncc1)NCc1ccc2[nH]c(=O)[nH]c2c1. The number of carbonyl (C=O) groups excluding carboxylic acids is 1. The fraction of sp³-hybridized carbons (Fsp3) is 0.188. The third kappa shape index (κ3) is 3.41. The van der Waals surface area contributed by atoms with Crippen molar-refractivity contribution in [3.05, 3.63) is 64.3 Å². The minimum atomic E-state index is -0.228. The third-order valence-electron chi connectivity index (χ3n) is 3.46. The molecule has 0 unspecified atom stereocenters. The van der Waals surface area contributed by atoms with Gasteiger partial charge in [0.05, 0.1) is 11.0 Å². The summed E-state index contributed by atoms with van der Waals surface area (Å²) < 4.78 is 0. The van der Waals surface area contributed by atoms with E-state index in [0.29, 0.717) is 19.4 Å². The molecule has 0 aliphatic rings. The Morgan fingerprint density at radius 1 is 1.05 bits per heavy atom. The number of amides is 1. The van der Waals surface area contributed by atoms with E-state index >= 15 is 0 Å². The van der Waals surface area contributed by atoms with E-state index in [1.807, 2.05) is 30.3 Å². The predicted molar refractivity (Wildman–Crippen MR) is 83.3 cm³/mol. The van der Waals surface area contributed by atoms with Crippen molar-refractivity contribution < 1.29 is 4.79 Å². The molecule has 2 heterocycles. The zero-order chi connectivity index (χ0) is 15.4. The number of aromatic amines is 2. The van der Waals surface area contributed by atoms with E-state index in [1.165, 1.54) is 0 Å². The first-order valence-electron chi connectivity index (χ1n) is 7.07. The van der Waals surface area contributed by atoms with Crippen LogP contribution < -0.4 is 11.0 Å². The van der Waals surface area contributed by atoms with Crippen molar-refractivity contribution in [2.24, 2.45) is 0 Å². The lowest BCUT2D eigenvalue weighted by atomic mass is 10.1. The molecule has 0 atom stereocenters. The Labute approximate surface area is 126 Å². The molecule has 0 aliphatic heterocycles. The quantitative estimate of drug-likeness (QED) is 0.666. The summed E-state index contributed by atoms with van der Waals surface area (Å²) in [6.07, 6.45) is 4.58. The summed E-state index contributed by atoms with van der Waals surface area (Å²) in [5.74, 6) is -0.000490. The Morgan fingerprint density at radius 3 is 2.64 bits per heavy atom. The highest BCUT2D eigenvalue weighted by atomic mass is 16.1. The van der Waals surface area contributed by atoms with E-state index in [4.69, 9.17) is 0 Å². The summed E-state index contributed by atoms with van der Waals surface area (Å²) >= 11 is 0. The largest absolute Gasteiger partial charge is 0.352 e. The number of pyridine rings is 1. The van der Waals surface area contributed by atoms with Crippen molar-refractivity contribution in [2.45, 2.75) is 19.4 Å². The van der Waals surface area contributed by atoms with Crippen LogP contribution in [0.25, 0.3) is 11.0 Å². The van der Waals surface area contributed by atoms with Gasteiger partial charge in [-0.1, -0.05) is 6.07 Å². The monoisotopic (exact) mass is 296 g/mol.